The summed E-state index contributed by atoms with van der Waals surface area (Å²) in [6.45, 7) is 5.03. The zero-order valence-corrected chi connectivity index (χ0v) is 12.1. The molecule has 3 N–H and O–H groups in total. The fourth-order valence-corrected chi connectivity index (χ4v) is 1.81. The van der Waals surface area contributed by atoms with Gasteiger partial charge in [0.25, 0.3) is 0 Å². The molecule has 0 spiro atoms. The van der Waals surface area contributed by atoms with Gasteiger partial charge < -0.3 is 20.4 Å². The molecule has 0 unspecified atom stereocenters. The summed E-state index contributed by atoms with van der Waals surface area (Å²) in [5.41, 5.74) is 0. The Morgan fingerprint density at radius 1 is 1.10 bits per heavy atom. The molecule has 0 aliphatic carbocycles. The first-order valence-electron chi connectivity index (χ1n) is 6.92. The number of carboxylic acids is 2. The first-order valence-corrected chi connectivity index (χ1v) is 6.92. The number of aliphatic carboxylic acids is 2. The number of nitrogens with one attached hydrogen (secondary N) is 1. The Morgan fingerprint density at radius 2 is 1.65 bits per heavy atom. The number of hydrogen-bond donors (Lipinski definition) is 3. The third-order valence-corrected chi connectivity index (χ3v) is 2.75. The molecule has 20 heavy (non-hydrogen) atoms. The number of amides is 2. The zero-order valence-electron chi connectivity index (χ0n) is 12.1. The van der Waals surface area contributed by atoms with Crippen LogP contribution >= 0.6 is 0 Å². The minimum absolute atomic E-state index is 0.104. The van der Waals surface area contributed by atoms with Gasteiger partial charge in [-0.3, -0.25) is 4.79 Å². The molecular weight excluding hydrogens is 264 g/mol. The van der Waals surface area contributed by atoms with Gasteiger partial charge in [0.15, 0.2) is 0 Å². The Kier molecular flexibility index (Phi) is 9.15. The lowest BCUT2D eigenvalue weighted by atomic mass is 10.1. The summed E-state index contributed by atoms with van der Waals surface area (Å²) >= 11 is 0. The van der Waals surface area contributed by atoms with Gasteiger partial charge in [0.2, 0.25) is 0 Å². The molecule has 0 saturated heterocycles. The Bertz CT molecular complexity index is 327. The number of hydrogen-bond acceptors (Lipinski definition) is 3. The molecule has 7 heteroatoms. The lowest BCUT2D eigenvalue weighted by molar-refractivity contribution is -0.140. The molecule has 0 aliphatic rings. The molecule has 2 amide bonds. The highest BCUT2D eigenvalue weighted by molar-refractivity contribution is 5.82. The first kappa shape index (κ1) is 18.2. The first-order chi connectivity index (χ1) is 9.42. The topological polar surface area (TPSA) is 107 Å². The molecule has 116 valence electrons. The largest absolute Gasteiger partial charge is 0.481 e. The Balaban J connectivity index is 4.43. The second kappa shape index (κ2) is 10.1. The molecule has 0 radical (unpaired) electrons. The van der Waals surface area contributed by atoms with Gasteiger partial charge in [-0.25, -0.2) is 9.59 Å². The molecule has 0 aromatic carbocycles. The van der Waals surface area contributed by atoms with Gasteiger partial charge in [0.05, 0.1) is 0 Å². The number of carboxylic acid groups (broad SMARTS) is 2. The number of carbonyl (C=O) groups excluding carboxylic acids is 1. The van der Waals surface area contributed by atoms with Crippen LogP contribution in [-0.4, -0.2) is 52.2 Å². The molecule has 0 aromatic rings. The highest BCUT2D eigenvalue weighted by atomic mass is 16.4. The van der Waals surface area contributed by atoms with Crippen LogP contribution in [0.3, 0.4) is 0 Å². The van der Waals surface area contributed by atoms with Gasteiger partial charge >= 0.3 is 18.0 Å². The maximum absolute atomic E-state index is 12.0. The van der Waals surface area contributed by atoms with E-state index in [1.165, 1.54) is 0 Å². The average molecular weight is 288 g/mol. The zero-order chi connectivity index (χ0) is 15.5. The van der Waals surface area contributed by atoms with E-state index in [0.717, 1.165) is 12.8 Å². The van der Waals surface area contributed by atoms with Gasteiger partial charge in [0, 0.05) is 19.5 Å². The summed E-state index contributed by atoms with van der Waals surface area (Å²) in [6, 6.07) is -1.45. The molecule has 0 aliphatic heterocycles. The predicted molar refractivity (Wildman–Crippen MR) is 73.6 cm³/mol. The number of carbonyl (C=O) groups is 3. The number of urea groups is 1. The SMILES string of the molecule is CCCN(CCC)C(=O)N[C@H](CCCC(=O)O)C(=O)O. The lowest BCUT2D eigenvalue weighted by Gasteiger charge is -2.24. The monoisotopic (exact) mass is 288 g/mol. The Labute approximate surface area is 119 Å². The number of rotatable bonds is 10. The van der Waals surface area contributed by atoms with Crippen molar-refractivity contribution in [1.82, 2.24) is 10.2 Å². The van der Waals surface area contributed by atoms with Crippen LogP contribution in [-0.2, 0) is 9.59 Å². The van der Waals surface area contributed by atoms with E-state index in [0.29, 0.717) is 13.1 Å². The molecule has 0 saturated carbocycles. The minimum Gasteiger partial charge on any atom is -0.481 e. The maximum atomic E-state index is 12.0. The molecule has 7 nitrogen and oxygen atoms in total. The summed E-state index contributed by atoms with van der Waals surface area (Å²) in [6.07, 6.45) is 1.81. The Hall–Kier alpha value is -1.79. The van der Waals surface area contributed by atoms with Gasteiger partial charge in [-0.2, -0.15) is 0 Å². The van der Waals surface area contributed by atoms with E-state index in [2.05, 4.69) is 5.32 Å². The summed E-state index contributed by atoms with van der Waals surface area (Å²) in [5.74, 6) is -2.12. The second-order valence-corrected chi connectivity index (χ2v) is 4.61. The van der Waals surface area contributed by atoms with Crippen LogP contribution in [0.5, 0.6) is 0 Å². The lowest BCUT2D eigenvalue weighted by Crippen LogP contribution is -2.48. The smallest absolute Gasteiger partial charge is 0.326 e. The van der Waals surface area contributed by atoms with E-state index < -0.39 is 24.0 Å². The summed E-state index contributed by atoms with van der Waals surface area (Å²) in [4.78, 5) is 35.0. The van der Waals surface area contributed by atoms with Gasteiger partial charge in [-0.1, -0.05) is 13.8 Å². The molecule has 0 fully saturated rings. The van der Waals surface area contributed by atoms with E-state index in [1.807, 2.05) is 13.8 Å². The van der Waals surface area contributed by atoms with Crippen molar-refractivity contribution >= 4 is 18.0 Å². The molecule has 1 atom stereocenters. The van der Waals surface area contributed by atoms with Gasteiger partial charge in [-0.05, 0) is 25.7 Å². The highest BCUT2D eigenvalue weighted by Crippen LogP contribution is 2.04. The maximum Gasteiger partial charge on any atom is 0.326 e. The van der Waals surface area contributed by atoms with Crippen molar-refractivity contribution in [3.63, 3.8) is 0 Å². The van der Waals surface area contributed by atoms with Crippen LogP contribution in [0, 0.1) is 0 Å². The van der Waals surface area contributed by atoms with Crippen molar-refractivity contribution < 1.29 is 24.6 Å². The standard InChI is InChI=1S/C13H24N2O5/c1-3-8-15(9-4-2)13(20)14-10(12(18)19)6-5-7-11(16)17/h10H,3-9H2,1-2H3,(H,14,20)(H,16,17)(H,18,19)/t10-/m1/s1. The molecule has 0 rings (SSSR count). The molecule has 0 aromatic heterocycles. The van der Waals surface area contributed by atoms with E-state index >= 15 is 0 Å². The summed E-state index contributed by atoms with van der Waals surface area (Å²) in [7, 11) is 0. The minimum atomic E-state index is -1.14. The Morgan fingerprint density at radius 3 is 2.05 bits per heavy atom. The third kappa shape index (κ3) is 7.60. The van der Waals surface area contributed by atoms with Crippen molar-refractivity contribution in [3.05, 3.63) is 0 Å². The normalized spacial score (nSPS) is 11.7. The second-order valence-electron chi connectivity index (χ2n) is 4.61. The average Bonchev–Trinajstić information content (AvgIpc) is 2.36. The van der Waals surface area contributed by atoms with E-state index in [-0.39, 0.29) is 19.3 Å². The molecule has 0 heterocycles. The van der Waals surface area contributed by atoms with Crippen LogP contribution in [0.1, 0.15) is 46.0 Å². The van der Waals surface area contributed by atoms with Crippen LogP contribution in [0.15, 0.2) is 0 Å². The molecular formula is C13H24N2O5. The van der Waals surface area contributed by atoms with Crippen molar-refractivity contribution in [1.29, 1.82) is 0 Å². The van der Waals surface area contributed by atoms with Crippen molar-refractivity contribution in [2.75, 3.05) is 13.1 Å². The van der Waals surface area contributed by atoms with E-state index in [1.54, 1.807) is 4.90 Å². The van der Waals surface area contributed by atoms with Crippen molar-refractivity contribution in [3.8, 4) is 0 Å². The van der Waals surface area contributed by atoms with Crippen LogP contribution in [0.4, 0.5) is 4.79 Å². The van der Waals surface area contributed by atoms with Crippen molar-refractivity contribution in [2.45, 2.75) is 52.0 Å². The number of nitrogens with zero attached hydrogens (tertiary/aromatic N) is 1. The summed E-state index contributed by atoms with van der Waals surface area (Å²) < 4.78 is 0. The highest BCUT2D eigenvalue weighted by Gasteiger charge is 2.22. The summed E-state index contributed by atoms with van der Waals surface area (Å²) in [5, 5.41) is 20.0. The van der Waals surface area contributed by atoms with Crippen LogP contribution < -0.4 is 5.32 Å². The third-order valence-electron chi connectivity index (χ3n) is 2.75. The van der Waals surface area contributed by atoms with Crippen molar-refractivity contribution in [2.24, 2.45) is 0 Å². The van der Waals surface area contributed by atoms with Crippen LogP contribution in [0.25, 0.3) is 0 Å². The molecule has 0 bridgehead atoms. The quantitative estimate of drug-likeness (QED) is 0.565. The fourth-order valence-electron chi connectivity index (χ4n) is 1.81. The van der Waals surface area contributed by atoms with E-state index in [9.17, 15) is 14.4 Å². The predicted octanol–water partition coefficient (Wildman–Crippen LogP) is 1.53. The fraction of sp³-hybridized carbons (Fsp3) is 0.769. The van der Waals surface area contributed by atoms with Gasteiger partial charge in [0.1, 0.15) is 6.04 Å². The van der Waals surface area contributed by atoms with Crippen LogP contribution in [0.2, 0.25) is 0 Å². The van der Waals surface area contributed by atoms with E-state index in [4.69, 9.17) is 10.2 Å². The van der Waals surface area contributed by atoms with Gasteiger partial charge in [-0.15, -0.1) is 0 Å².